The largest absolute Gasteiger partial charge is 0.381 e. The lowest BCUT2D eigenvalue weighted by atomic mass is 10.1. The molecule has 0 fully saturated rings. The van der Waals surface area contributed by atoms with Gasteiger partial charge in [-0.05, 0) is 19.4 Å². The maximum Gasteiger partial charge on any atom is 0.253 e. The second-order valence-electron chi connectivity index (χ2n) is 3.83. The number of rotatable bonds is 5. The summed E-state index contributed by atoms with van der Waals surface area (Å²) in [6.07, 6.45) is -0.830. The van der Waals surface area contributed by atoms with Gasteiger partial charge in [0.1, 0.15) is 6.10 Å². The van der Waals surface area contributed by atoms with Gasteiger partial charge in [0.25, 0.3) is 5.91 Å². The van der Waals surface area contributed by atoms with E-state index < -0.39 is 17.9 Å². The Kier molecular flexibility index (Phi) is 4.73. The molecule has 0 radical (unpaired) electrons. The zero-order valence-electron chi connectivity index (χ0n) is 10.3. The van der Waals surface area contributed by atoms with Crippen molar-refractivity contribution in [2.45, 2.75) is 26.4 Å². The normalized spacial score (nSPS) is 11.9. The number of nitrogens with two attached hydrogens (primary N) is 1. The lowest BCUT2D eigenvalue weighted by Gasteiger charge is -2.10. The van der Waals surface area contributed by atoms with Gasteiger partial charge >= 0.3 is 0 Å². The van der Waals surface area contributed by atoms with Crippen LogP contribution in [0.25, 0.3) is 0 Å². The van der Waals surface area contributed by atoms with Crippen LogP contribution in [0.15, 0.2) is 6.07 Å². The highest BCUT2D eigenvalue weighted by Crippen LogP contribution is 2.07. The molecule has 98 valence electrons. The van der Waals surface area contributed by atoms with Gasteiger partial charge in [0, 0.05) is 0 Å². The van der Waals surface area contributed by atoms with Crippen LogP contribution in [0.1, 0.15) is 28.7 Å². The molecule has 0 spiro atoms. The standard InChI is InChI=1S/C11H16N4O3/c1-3-8-7(4-6(2)14-15-8)11(18)13-5-9(16)10(12)17/h4,9,16H,3,5H2,1-2H3,(H2,12,17)(H,13,18). The summed E-state index contributed by atoms with van der Waals surface area (Å²) in [5, 5.41) is 19.4. The van der Waals surface area contributed by atoms with Gasteiger partial charge in [-0.15, -0.1) is 0 Å². The molecule has 0 aromatic carbocycles. The molecule has 1 unspecified atom stereocenters. The van der Waals surface area contributed by atoms with Crippen molar-refractivity contribution in [2.75, 3.05) is 6.54 Å². The van der Waals surface area contributed by atoms with Crippen molar-refractivity contribution in [2.24, 2.45) is 5.73 Å². The number of nitrogens with one attached hydrogen (secondary N) is 1. The molecule has 2 amide bonds. The van der Waals surface area contributed by atoms with E-state index >= 15 is 0 Å². The minimum Gasteiger partial charge on any atom is -0.381 e. The van der Waals surface area contributed by atoms with Crippen LogP contribution < -0.4 is 11.1 Å². The highest BCUT2D eigenvalue weighted by molar-refractivity contribution is 5.95. The highest BCUT2D eigenvalue weighted by Gasteiger charge is 2.16. The number of aliphatic hydroxyl groups is 1. The first-order valence-corrected chi connectivity index (χ1v) is 5.54. The van der Waals surface area contributed by atoms with E-state index in [1.807, 2.05) is 6.92 Å². The molecule has 1 aromatic rings. The zero-order valence-corrected chi connectivity index (χ0v) is 10.3. The molecule has 1 rings (SSSR count). The third-order valence-electron chi connectivity index (χ3n) is 2.36. The van der Waals surface area contributed by atoms with E-state index in [-0.39, 0.29) is 6.54 Å². The van der Waals surface area contributed by atoms with Crippen LogP contribution >= 0.6 is 0 Å². The van der Waals surface area contributed by atoms with Gasteiger partial charge < -0.3 is 16.2 Å². The van der Waals surface area contributed by atoms with Crippen molar-refractivity contribution in [3.63, 3.8) is 0 Å². The summed E-state index contributed by atoms with van der Waals surface area (Å²) in [7, 11) is 0. The third kappa shape index (κ3) is 3.49. The fraction of sp³-hybridized carbons (Fsp3) is 0.455. The maximum absolute atomic E-state index is 11.9. The molecule has 0 aliphatic carbocycles. The van der Waals surface area contributed by atoms with Crippen molar-refractivity contribution in [3.8, 4) is 0 Å². The molecule has 0 saturated heterocycles. The molecule has 0 aliphatic rings. The van der Waals surface area contributed by atoms with Crippen molar-refractivity contribution in [3.05, 3.63) is 23.0 Å². The molecule has 7 heteroatoms. The van der Waals surface area contributed by atoms with Crippen LogP contribution in [-0.4, -0.2) is 39.8 Å². The number of hydrogen-bond acceptors (Lipinski definition) is 5. The van der Waals surface area contributed by atoms with Gasteiger partial charge in [-0.3, -0.25) is 9.59 Å². The molecule has 18 heavy (non-hydrogen) atoms. The van der Waals surface area contributed by atoms with Gasteiger partial charge in [-0.2, -0.15) is 10.2 Å². The Bertz CT molecular complexity index is 462. The fourth-order valence-electron chi connectivity index (χ4n) is 1.36. The number of aromatic nitrogens is 2. The first-order valence-electron chi connectivity index (χ1n) is 5.54. The molecule has 4 N–H and O–H groups in total. The number of nitrogens with zero attached hydrogens (tertiary/aromatic N) is 2. The summed E-state index contributed by atoms with van der Waals surface area (Å²) in [5.74, 6) is -1.29. The first kappa shape index (κ1) is 14.0. The molecular weight excluding hydrogens is 236 g/mol. The first-order chi connectivity index (χ1) is 8.45. The Labute approximate surface area is 104 Å². The lowest BCUT2D eigenvalue weighted by Crippen LogP contribution is -2.40. The lowest BCUT2D eigenvalue weighted by molar-refractivity contribution is -0.125. The molecule has 7 nitrogen and oxygen atoms in total. The smallest absolute Gasteiger partial charge is 0.253 e. The summed E-state index contributed by atoms with van der Waals surface area (Å²) in [6.45, 7) is 3.36. The summed E-state index contributed by atoms with van der Waals surface area (Å²) < 4.78 is 0. The Morgan fingerprint density at radius 2 is 2.17 bits per heavy atom. The monoisotopic (exact) mass is 252 g/mol. The van der Waals surface area contributed by atoms with E-state index in [1.165, 1.54) is 0 Å². The van der Waals surface area contributed by atoms with E-state index in [9.17, 15) is 14.7 Å². The Hall–Kier alpha value is -2.02. The second-order valence-corrected chi connectivity index (χ2v) is 3.83. The number of aryl methyl sites for hydroxylation is 2. The number of aliphatic hydroxyl groups excluding tert-OH is 1. The highest BCUT2D eigenvalue weighted by atomic mass is 16.3. The average molecular weight is 252 g/mol. The molecule has 0 saturated carbocycles. The minimum absolute atomic E-state index is 0.224. The fourth-order valence-corrected chi connectivity index (χ4v) is 1.36. The van der Waals surface area contributed by atoms with Gasteiger partial charge in [0.05, 0.1) is 23.5 Å². The number of hydrogen-bond donors (Lipinski definition) is 3. The summed E-state index contributed by atoms with van der Waals surface area (Å²) >= 11 is 0. The van der Waals surface area contributed by atoms with Crippen LogP contribution in [0.4, 0.5) is 0 Å². The number of carbonyl (C=O) groups excluding carboxylic acids is 2. The van der Waals surface area contributed by atoms with Crippen LogP contribution in [0.2, 0.25) is 0 Å². The Balaban J connectivity index is 2.78. The van der Waals surface area contributed by atoms with E-state index in [1.54, 1.807) is 13.0 Å². The van der Waals surface area contributed by atoms with Gasteiger partial charge in [0.2, 0.25) is 5.91 Å². The summed E-state index contributed by atoms with van der Waals surface area (Å²) in [5.41, 5.74) is 6.45. The number of carbonyl (C=O) groups is 2. The summed E-state index contributed by atoms with van der Waals surface area (Å²) in [4.78, 5) is 22.5. The quantitative estimate of drug-likeness (QED) is 0.616. The van der Waals surface area contributed by atoms with Gasteiger partial charge in [-0.25, -0.2) is 0 Å². The van der Waals surface area contributed by atoms with Crippen molar-refractivity contribution in [1.29, 1.82) is 0 Å². The van der Waals surface area contributed by atoms with Crippen LogP contribution in [0, 0.1) is 6.92 Å². The zero-order chi connectivity index (χ0) is 13.7. The van der Waals surface area contributed by atoms with Gasteiger partial charge in [0.15, 0.2) is 0 Å². The number of primary amides is 1. The van der Waals surface area contributed by atoms with Crippen molar-refractivity contribution in [1.82, 2.24) is 15.5 Å². The van der Waals surface area contributed by atoms with Crippen LogP contribution in [-0.2, 0) is 11.2 Å². The van der Waals surface area contributed by atoms with Crippen molar-refractivity contribution >= 4 is 11.8 Å². The molecule has 0 aliphatic heterocycles. The molecular formula is C11H16N4O3. The van der Waals surface area contributed by atoms with Crippen LogP contribution in [0.3, 0.4) is 0 Å². The summed E-state index contributed by atoms with van der Waals surface area (Å²) in [6, 6.07) is 1.61. The van der Waals surface area contributed by atoms with Gasteiger partial charge in [-0.1, -0.05) is 6.92 Å². The number of amides is 2. The second kappa shape index (κ2) is 6.06. The third-order valence-corrected chi connectivity index (χ3v) is 2.36. The van der Waals surface area contributed by atoms with Crippen molar-refractivity contribution < 1.29 is 14.7 Å². The molecule has 0 bridgehead atoms. The average Bonchev–Trinajstić information content (AvgIpc) is 2.35. The molecule has 1 aromatic heterocycles. The van der Waals surface area contributed by atoms with E-state index in [0.717, 1.165) is 0 Å². The van der Waals surface area contributed by atoms with E-state index in [2.05, 4.69) is 15.5 Å². The van der Waals surface area contributed by atoms with E-state index in [0.29, 0.717) is 23.4 Å². The SMILES string of the molecule is CCc1nnc(C)cc1C(=O)NCC(O)C(N)=O. The Morgan fingerprint density at radius 1 is 1.50 bits per heavy atom. The maximum atomic E-state index is 11.9. The van der Waals surface area contributed by atoms with E-state index in [4.69, 9.17) is 5.73 Å². The Morgan fingerprint density at radius 3 is 2.72 bits per heavy atom. The van der Waals surface area contributed by atoms with Crippen LogP contribution in [0.5, 0.6) is 0 Å². The molecule has 1 heterocycles. The topological polar surface area (TPSA) is 118 Å². The molecule has 1 atom stereocenters. The predicted octanol–water partition coefficient (Wildman–Crippen LogP) is -1.08. The predicted molar refractivity (Wildman–Crippen MR) is 63.7 cm³/mol. The minimum atomic E-state index is -1.39.